The van der Waals surface area contributed by atoms with E-state index in [0.29, 0.717) is 25.3 Å². The number of hydrogen-bond acceptors (Lipinski definition) is 4. The Bertz CT molecular complexity index is 1220. The van der Waals surface area contributed by atoms with Gasteiger partial charge in [0.2, 0.25) is 0 Å². The zero-order valence-corrected chi connectivity index (χ0v) is 20.3. The van der Waals surface area contributed by atoms with Crippen LogP contribution in [0.1, 0.15) is 36.0 Å². The minimum Gasteiger partial charge on any atom is -0.377 e. The van der Waals surface area contributed by atoms with Gasteiger partial charge in [-0.1, -0.05) is 17.7 Å². The molecule has 2 saturated carbocycles. The molecule has 1 N–H and O–H groups in total. The lowest BCUT2D eigenvalue weighted by atomic mass is 9.81. The molecule has 2 unspecified atom stereocenters. The van der Waals surface area contributed by atoms with Gasteiger partial charge in [0.15, 0.2) is 27.3 Å². The number of nitrogens with one attached hydrogen (secondary N) is 1. The quantitative estimate of drug-likeness (QED) is 0.268. The smallest absolute Gasteiger partial charge is 0.255 e. The molecule has 0 aliphatic heterocycles. The Hall–Kier alpha value is -2.36. The van der Waals surface area contributed by atoms with Gasteiger partial charge in [-0.25, -0.2) is 21.6 Å². The van der Waals surface area contributed by atoms with E-state index in [1.54, 1.807) is 6.08 Å². The molecule has 2 aliphatic rings. The van der Waals surface area contributed by atoms with Crippen LogP contribution in [0.2, 0.25) is 5.02 Å². The van der Waals surface area contributed by atoms with Crippen LogP contribution < -0.4 is 5.32 Å². The lowest BCUT2D eigenvalue weighted by Gasteiger charge is -2.35. The van der Waals surface area contributed by atoms with E-state index >= 15 is 0 Å². The molecule has 1 amide bonds. The third kappa shape index (κ3) is 5.27. The van der Waals surface area contributed by atoms with Gasteiger partial charge in [0.1, 0.15) is 0 Å². The second kappa shape index (κ2) is 10.3. The van der Waals surface area contributed by atoms with Gasteiger partial charge >= 0.3 is 0 Å². The molecule has 5 nitrogen and oxygen atoms in total. The first-order chi connectivity index (χ1) is 16.6. The fraction of sp³-hybridized carbons (Fsp3) is 0.400. The van der Waals surface area contributed by atoms with E-state index in [1.165, 1.54) is 18.2 Å². The van der Waals surface area contributed by atoms with Gasteiger partial charge in [0.05, 0.1) is 21.8 Å². The van der Waals surface area contributed by atoms with Crippen molar-refractivity contribution in [2.24, 2.45) is 17.8 Å². The summed E-state index contributed by atoms with van der Waals surface area (Å²) >= 11 is 6.27. The molecule has 0 spiro atoms. The van der Waals surface area contributed by atoms with Gasteiger partial charge in [0.25, 0.3) is 5.91 Å². The van der Waals surface area contributed by atoms with E-state index in [-0.39, 0.29) is 38.9 Å². The van der Waals surface area contributed by atoms with Crippen molar-refractivity contribution in [1.82, 2.24) is 0 Å². The lowest BCUT2D eigenvalue weighted by Crippen LogP contribution is -2.38. The van der Waals surface area contributed by atoms with Crippen molar-refractivity contribution in [1.29, 1.82) is 0 Å². The third-order valence-electron chi connectivity index (χ3n) is 6.80. The summed E-state index contributed by atoms with van der Waals surface area (Å²) in [6.07, 6.45) is 4.74. The van der Waals surface area contributed by atoms with Crippen LogP contribution >= 0.6 is 11.6 Å². The van der Waals surface area contributed by atoms with E-state index in [9.17, 15) is 26.4 Å². The van der Waals surface area contributed by atoms with Gasteiger partial charge in [-0.3, -0.25) is 4.79 Å². The number of benzene rings is 2. The Kier molecular flexibility index (Phi) is 7.59. The Morgan fingerprint density at radius 2 is 1.74 bits per heavy atom. The number of ether oxygens (including phenoxy) is 1. The number of anilines is 1. The number of rotatable bonds is 8. The molecule has 0 saturated heterocycles. The predicted octanol–water partition coefficient (Wildman–Crippen LogP) is 5.79. The van der Waals surface area contributed by atoms with E-state index in [1.807, 2.05) is 0 Å². The molecule has 0 heterocycles. The topological polar surface area (TPSA) is 72.5 Å². The second-order valence-electron chi connectivity index (χ2n) is 9.12. The predicted molar refractivity (Wildman–Crippen MR) is 127 cm³/mol. The summed E-state index contributed by atoms with van der Waals surface area (Å²) in [5.41, 5.74) is -0.363. The number of fused-ring (bicyclic) bond motifs is 2. The van der Waals surface area contributed by atoms with Crippen LogP contribution in [0.5, 0.6) is 0 Å². The molecular formula is C25H25ClF3NO4S. The van der Waals surface area contributed by atoms with Crippen molar-refractivity contribution in [2.75, 3.05) is 18.5 Å². The zero-order valence-electron chi connectivity index (χ0n) is 18.8. The van der Waals surface area contributed by atoms with Crippen LogP contribution in [0, 0.1) is 35.2 Å². The molecule has 0 aromatic heterocycles. The average molecular weight is 528 g/mol. The highest BCUT2D eigenvalue weighted by atomic mass is 35.5. The van der Waals surface area contributed by atoms with Crippen LogP contribution in [0.3, 0.4) is 0 Å². The largest absolute Gasteiger partial charge is 0.377 e. The first-order valence-corrected chi connectivity index (χ1v) is 13.2. The van der Waals surface area contributed by atoms with E-state index in [2.05, 4.69) is 11.9 Å². The Balaban J connectivity index is 1.55. The van der Waals surface area contributed by atoms with Crippen LogP contribution in [-0.4, -0.2) is 32.8 Å². The van der Waals surface area contributed by atoms with Gasteiger partial charge in [-0.05, 0) is 61.6 Å². The maximum atomic E-state index is 13.7. The summed E-state index contributed by atoms with van der Waals surface area (Å²) in [5.74, 6) is -5.16. The first kappa shape index (κ1) is 25.7. The molecular weight excluding hydrogens is 503 g/mol. The average Bonchev–Trinajstić information content (AvgIpc) is 3.09. The minimum absolute atomic E-state index is 0.00346. The summed E-state index contributed by atoms with van der Waals surface area (Å²) in [6.45, 7) is 4.65. The summed E-state index contributed by atoms with van der Waals surface area (Å²) in [6, 6.07) is 5.08. The van der Waals surface area contributed by atoms with Crippen LogP contribution in [0.15, 0.2) is 47.9 Å². The standard InChI is InChI=1S/C25H25ClF3NO4S/c1-2-7-34-13-14-8-15-3-4-16(9-14)24(15)35(32,33)22-10-17(5-6-19(22)26)25(31)30-18-11-20(27)23(29)21(28)12-18/h2,5-6,10-12,14-16,24H,1,3-4,7-9,13H2,(H,30,31)/t14-,15-,16?,24?/m0/s1. The Labute approximate surface area is 207 Å². The lowest BCUT2D eigenvalue weighted by molar-refractivity contribution is 0.0906. The van der Waals surface area contributed by atoms with Crippen LogP contribution in [0.25, 0.3) is 0 Å². The maximum absolute atomic E-state index is 13.7. The zero-order chi connectivity index (χ0) is 25.3. The normalized spacial score (nSPS) is 23.8. The highest BCUT2D eigenvalue weighted by molar-refractivity contribution is 7.92. The molecule has 2 aromatic carbocycles. The highest BCUT2D eigenvalue weighted by Crippen LogP contribution is 2.50. The third-order valence-corrected chi connectivity index (χ3v) is 9.68. The van der Waals surface area contributed by atoms with Crippen molar-refractivity contribution in [3.8, 4) is 0 Å². The molecule has 2 bridgehead atoms. The second-order valence-corrected chi connectivity index (χ2v) is 11.6. The van der Waals surface area contributed by atoms with Gasteiger partial charge < -0.3 is 10.1 Å². The Morgan fingerprint density at radius 1 is 1.11 bits per heavy atom. The number of carbonyl (C=O) groups excluding carboxylic acids is 1. The number of amides is 1. The van der Waals surface area contributed by atoms with Crippen molar-refractivity contribution >= 4 is 33.0 Å². The highest BCUT2D eigenvalue weighted by Gasteiger charge is 2.50. The molecule has 35 heavy (non-hydrogen) atoms. The van der Waals surface area contributed by atoms with Crippen molar-refractivity contribution in [3.63, 3.8) is 0 Å². The number of sulfone groups is 1. The maximum Gasteiger partial charge on any atom is 0.255 e. The molecule has 4 rings (SSSR count). The molecule has 0 radical (unpaired) electrons. The Morgan fingerprint density at radius 3 is 2.34 bits per heavy atom. The summed E-state index contributed by atoms with van der Waals surface area (Å²) < 4.78 is 73.1. The molecule has 188 valence electrons. The monoisotopic (exact) mass is 527 g/mol. The fourth-order valence-corrected chi connectivity index (χ4v) is 8.27. The van der Waals surface area contributed by atoms with Gasteiger partial charge in [-0.15, -0.1) is 6.58 Å². The van der Waals surface area contributed by atoms with Crippen molar-refractivity contribution in [2.45, 2.75) is 35.8 Å². The molecule has 2 aliphatic carbocycles. The number of carbonyl (C=O) groups is 1. The fourth-order valence-electron chi connectivity index (χ4n) is 5.40. The number of hydrogen-bond donors (Lipinski definition) is 1. The van der Waals surface area contributed by atoms with Gasteiger partial charge in [0, 0.05) is 30.0 Å². The summed E-state index contributed by atoms with van der Waals surface area (Å²) in [4.78, 5) is 12.5. The minimum atomic E-state index is -3.86. The molecule has 2 aromatic rings. The molecule has 10 heteroatoms. The number of halogens is 4. The first-order valence-electron chi connectivity index (χ1n) is 11.3. The summed E-state index contributed by atoms with van der Waals surface area (Å²) in [7, 11) is -3.86. The van der Waals surface area contributed by atoms with Crippen LogP contribution in [0.4, 0.5) is 18.9 Å². The molecule has 4 atom stereocenters. The summed E-state index contributed by atoms with van der Waals surface area (Å²) in [5, 5.41) is 1.65. The van der Waals surface area contributed by atoms with Crippen LogP contribution in [-0.2, 0) is 14.6 Å². The van der Waals surface area contributed by atoms with Crippen molar-refractivity contribution in [3.05, 3.63) is 71.0 Å². The van der Waals surface area contributed by atoms with E-state index in [0.717, 1.165) is 25.7 Å². The van der Waals surface area contributed by atoms with E-state index < -0.39 is 38.4 Å². The van der Waals surface area contributed by atoms with E-state index in [4.69, 9.17) is 16.3 Å². The van der Waals surface area contributed by atoms with Crippen molar-refractivity contribution < 1.29 is 31.1 Å². The van der Waals surface area contributed by atoms with Gasteiger partial charge in [-0.2, -0.15) is 0 Å². The SMILES string of the molecule is C=CCOC[C@@H]1CC2CC[C@@H](C1)C2S(=O)(=O)c1cc(C(=O)Nc2cc(F)c(F)c(F)c2)ccc1Cl. The molecule has 2 fully saturated rings.